The smallest absolute Gasteiger partial charge is 0.374 e. The van der Waals surface area contributed by atoms with Crippen molar-refractivity contribution in [2.75, 3.05) is 6.54 Å². The number of alkyl halides is 3. The molecule has 0 aliphatic heterocycles. The number of nitrogens with zero attached hydrogens (tertiary/aromatic N) is 2. The molecule has 0 bridgehead atoms. The Hall–Kier alpha value is -1.77. The highest BCUT2D eigenvalue weighted by Crippen LogP contribution is 2.40. The standard InChI is InChI=1S/C13H21F3N4O2/c1-4-9(2)19-11(21)18-6-5-12(22,13(14,15)16)10-17-7-8-20(10)3/h7-9,22H,4-6H2,1-3H3,(H2,18,19,21). The van der Waals surface area contributed by atoms with Gasteiger partial charge in [-0.15, -0.1) is 0 Å². The largest absolute Gasteiger partial charge is 0.424 e. The molecule has 1 aromatic rings. The second-order valence-corrected chi connectivity index (χ2v) is 5.18. The van der Waals surface area contributed by atoms with Crippen LogP contribution in [0.1, 0.15) is 32.5 Å². The Morgan fingerprint density at radius 3 is 2.59 bits per heavy atom. The summed E-state index contributed by atoms with van der Waals surface area (Å²) in [6.07, 6.45) is -2.44. The lowest BCUT2D eigenvalue weighted by atomic mass is 9.97. The van der Waals surface area contributed by atoms with E-state index in [4.69, 9.17) is 0 Å². The number of urea groups is 1. The number of halogens is 3. The molecular formula is C13H21F3N4O2. The fourth-order valence-corrected chi connectivity index (χ4v) is 1.88. The van der Waals surface area contributed by atoms with Crippen molar-refractivity contribution in [3.63, 3.8) is 0 Å². The lowest BCUT2D eigenvalue weighted by molar-refractivity contribution is -0.272. The molecule has 0 aliphatic carbocycles. The van der Waals surface area contributed by atoms with Crippen LogP contribution in [-0.4, -0.2) is 39.5 Å². The molecule has 3 N–H and O–H groups in total. The first-order valence-corrected chi connectivity index (χ1v) is 6.93. The van der Waals surface area contributed by atoms with Gasteiger partial charge in [0.05, 0.1) is 0 Å². The lowest BCUT2D eigenvalue weighted by Gasteiger charge is -2.30. The number of aryl methyl sites for hydroxylation is 1. The van der Waals surface area contributed by atoms with E-state index in [0.29, 0.717) is 6.42 Å². The molecule has 0 aliphatic rings. The topological polar surface area (TPSA) is 79.2 Å². The number of amides is 2. The maximum absolute atomic E-state index is 13.2. The van der Waals surface area contributed by atoms with E-state index in [9.17, 15) is 23.1 Å². The summed E-state index contributed by atoms with van der Waals surface area (Å²) in [6.45, 7) is 3.30. The highest BCUT2D eigenvalue weighted by Gasteiger charge is 2.57. The monoisotopic (exact) mass is 322 g/mol. The van der Waals surface area contributed by atoms with Crippen molar-refractivity contribution in [2.45, 2.75) is 44.5 Å². The Morgan fingerprint density at radius 1 is 1.50 bits per heavy atom. The molecule has 0 saturated carbocycles. The fraction of sp³-hybridized carbons (Fsp3) is 0.692. The SMILES string of the molecule is CCC(C)NC(=O)NCCC(O)(c1nccn1C)C(F)(F)F. The predicted molar refractivity (Wildman–Crippen MR) is 74.1 cm³/mol. The second-order valence-electron chi connectivity index (χ2n) is 5.18. The van der Waals surface area contributed by atoms with Crippen LogP contribution in [0.15, 0.2) is 12.4 Å². The number of hydrogen-bond acceptors (Lipinski definition) is 3. The molecule has 1 rings (SSSR count). The summed E-state index contributed by atoms with van der Waals surface area (Å²) >= 11 is 0. The lowest BCUT2D eigenvalue weighted by Crippen LogP contribution is -2.48. The first kappa shape index (κ1) is 18.3. The van der Waals surface area contributed by atoms with Crippen LogP contribution in [0.3, 0.4) is 0 Å². The molecule has 0 fully saturated rings. The summed E-state index contributed by atoms with van der Waals surface area (Å²) in [4.78, 5) is 15.1. The van der Waals surface area contributed by atoms with Crippen LogP contribution in [0.5, 0.6) is 0 Å². The van der Waals surface area contributed by atoms with E-state index in [0.717, 1.165) is 4.57 Å². The van der Waals surface area contributed by atoms with Gasteiger partial charge in [0.1, 0.15) is 5.82 Å². The second kappa shape index (κ2) is 6.99. The van der Waals surface area contributed by atoms with Gasteiger partial charge in [0.15, 0.2) is 0 Å². The molecule has 0 saturated heterocycles. The van der Waals surface area contributed by atoms with Gasteiger partial charge in [0, 0.05) is 38.4 Å². The number of rotatable bonds is 6. The molecule has 0 aromatic carbocycles. The van der Waals surface area contributed by atoms with Crippen molar-refractivity contribution in [3.8, 4) is 0 Å². The minimum absolute atomic E-state index is 0.0870. The van der Waals surface area contributed by atoms with Crippen LogP contribution in [0.2, 0.25) is 0 Å². The van der Waals surface area contributed by atoms with Gasteiger partial charge in [-0.25, -0.2) is 9.78 Å². The van der Waals surface area contributed by atoms with E-state index < -0.39 is 30.1 Å². The van der Waals surface area contributed by atoms with Crippen LogP contribution in [0, 0.1) is 0 Å². The zero-order valence-corrected chi connectivity index (χ0v) is 12.7. The van der Waals surface area contributed by atoms with E-state index >= 15 is 0 Å². The minimum atomic E-state index is -4.90. The van der Waals surface area contributed by atoms with Crippen LogP contribution < -0.4 is 10.6 Å². The summed E-state index contributed by atoms with van der Waals surface area (Å²) in [5, 5.41) is 14.9. The van der Waals surface area contributed by atoms with Crippen LogP contribution >= 0.6 is 0 Å². The fourth-order valence-electron chi connectivity index (χ4n) is 1.88. The summed E-state index contributed by atoms with van der Waals surface area (Å²) < 4.78 is 40.7. The number of carbonyl (C=O) groups excluding carboxylic acids is 1. The third-order valence-corrected chi connectivity index (χ3v) is 3.42. The Labute approximate surface area is 126 Å². The summed E-state index contributed by atoms with van der Waals surface area (Å²) in [5.74, 6) is -0.510. The highest BCUT2D eigenvalue weighted by molar-refractivity contribution is 5.74. The summed E-state index contributed by atoms with van der Waals surface area (Å²) in [5.41, 5.74) is -3.12. The first-order valence-electron chi connectivity index (χ1n) is 6.93. The molecule has 22 heavy (non-hydrogen) atoms. The molecule has 2 unspecified atom stereocenters. The van der Waals surface area contributed by atoms with Gasteiger partial charge in [0.25, 0.3) is 0 Å². The Morgan fingerprint density at radius 2 is 2.14 bits per heavy atom. The van der Waals surface area contributed by atoms with E-state index in [1.807, 2.05) is 6.92 Å². The molecule has 2 atom stereocenters. The molecule has 0 spiro atoms. The third kappa shape index (κ3) is 4.12. The van der Waals surface area contributed by atoms with Gasteiger partial charge >= 0.3 is 12.2 Å². The molecule has 9 heteroatoms. The van der Waals surface area contributed by atoms with E-state index in [1.54, 1.807) is 6.92 Å². The van der Waals surface area contributed by atoms with Gasteiger partial charge in [-0.05, 0) is 13.3 Å². The number of nitrogens with one attached hydrogen (secondary N) is 2. The maximum atomic E-state index is 13.2. The van der Waals surface area contributed by atoms with Crippen molar-refractivity contribution in [2.24, 2.45) is 7.05 Å². The number of carbonyl (C=O) groups is 1. The Kier molecular flexibility index (Phi) is 5.81. The van der Waals surface area contributed by atoms with Gasteiger partial charge in [0.2, 0.25) is 5.60 Å². The van der Waals surface area contributed by atoms with E-state index in [2.05, 4.69) is 15.6 Å². The third-order valence-electron chi connectivity index (χ3n) is 3.42. The normalized spacial score (nSPS) is 16.0. The van der Waals surface area contributed by atoms with Gasteiger partial charge in [-0.3, -0.25) is 0 Å². The van der Waals surface area contributed by atoms with E-state index in [1.165, 1.54) is 19.4 Å². The maximum Gasteiger partial charge on any atom is 0.424 e. The van der Waals surface area contributed by atoms with Crippen LogP contribution in [0.25, 0.3) is 0 Å². The van der Waals surface area contributed by atoms with Gasteiger partial charge < -0.3 is 20.3 Å². The first-order chi connectivity index (χ1) is 10.1. The van der Waals surface area contributed by atoms with Crippen LogP contribution in [-0.2, 0) is 12.6 Å². The van der Waals surface area contributed by atoms with Crippen molar-refractivity contribution in [1.82, 2.24) is 20.2 Å². The average molecular weight is 322 g/mol. The van der Waals surface area contributed by atoms with Gasteiger partial charge in [-0.2, -0.15) is 13.2 Å². The summed E-state index contributed by atoms with van der Waals surface area (Å²) in [7, 11) is 1.36. The number of imidazole rings is 1. The molecule has 1 aromatic heterocycles. The Bertz CT molecular complexity index is 504. The predicted octanol–water partition coefficient (Wildman–Crippen LogP) is 1.66. The molecule has 6 nitrogen and oxygen atoms in total. The average Bonchev–Trinajstić information content (AvgIpc) is 2.83. The van der Waals surface area contributed by atoms with Gasteiger partial charge in [-0.1, -0.05) is 6.92 Å². The van der Waals surface area contributed by atoms with Crippen molar-refractivity contribution in [1.29, 1.82) is 0 Å². The zero-order valence-electron chi connectivity index (χ0n) is 12.7. The van der Waals surface area contributed by atoms with Crippen molar-refractivity contribution >= 4 is 6.03 Å². The zero-order chi connectivity index (χ0) is 17.0. The molecule has 0 radical (unpaired) electrons. The van der Waals surface area contributed by atoms with Crippen molar-refractivity contribution < 1.29 is 23.1 Å². The molecule has 2 amide bonds. The van der Waals surface area contributed by atoms with Crippen LogP contribution in [0.4, 0.5) is 18.0 Å². The quantitative estimate of drug-likeness (QED) is 0.745. The van der Waals surface area contributed by atoms with Crippen molar-refractivity contribution in [3.05, 3.63) is 18.2 Å². The molecule has 126 valence electrons. The summed E-state index contributed by atoms with van der Waals surface area (Å²) in [6, 6.07) is -0.658. The highest BCUT2D eigenvalue weighted by atomic mass is 19.4. The number of aliphatic hydroxyl groups is 1. The minimum Gasteiger partial charge on any atom is -0.374 e. The number of aromatic nitrogens is 2. The molecular weight excluding hydrogens is 301 g/mol. The number of hydrogen-bond donors (Lipinski definition) is 3. The van der Waals surface area contributed by atoms with E-state index in [-0.39, 0.29) is 12.6 Å². The molecule has 1 heterocycles. The Balaban J connectivity index is 2.73.